The van der Waals surface area contributed by atoms with Gasteiger partial charge < -0.3 is 15.7 Å². The van der Waals surface area contributed by atoms with E-state index in [9.17, 15) is 19.5 Å². The molecule has 0 saturated heterocycles. The van der Waals surface area contributed by atoms with E-state index < -0.39 is 17.9 Å². The summed E-state index contributed by atoms with van der Waals surface area (Å²) < 4.78 is 0. The van der Waals surface area contributed by atoms with Gasteiger partial charge in [0, 0.05) is 13.0 Å². The number of rotatable bonds is 7. The van der Waals surface area contributed by atoms with Gasteiger partial charge in [-0.1, -0.05) is 24.3 Å². The molecule has 1 aromatic heterocycles. The minimum Gasteiger partial charge on any atom is -0.479 e. The highest BCUT2D eigenvalue weighted by Gasteiger charge is 2.24. The van der Waals surface area contributed by atoms with Crippen molar-refractivity contribution in [1.82, 2.24) is 10.6 Å². The van der Waals surface area contributed by atoms with Crippen LogP contribution < -0.4 is 10.6 Å². The quantitative estimate of drug-likeness (QED) is 0.707. The van der Waals surface area contributed by atoms with Crippen LogP contribution in [0, 0.1) is 13.8 Å². The summed E-state index contributed by atoms with van der Waals surface area (Å²) in [7, 11) is 0. The zero-order valence-corrected chi connectivity index (χ0v) is 14.9. The summed E-state index contributed by atoms with van der Waals surface area (Å²) in [6, 6.07) is 7.70. The summed E-state index contributed by atoms with van der Waals surface area (Å²) in [5.74, 6) is -1.79. The number of carboxylic acid groups (broad SMARTS) is 1. The number of carbonyl (C=O) groups excluding carboxylic acids is 2. The molecule has 6 nitrogen and oxygen atoms in total. The van der Waals surface area contributed by atoms with Crippen LogP contribution in [0.3, 0.4) is 0 Å². The van der Waals surface area contributed by atoms with Crippen molar-refractivity contribution in [2.45, 2.75) is 26.3 Å². The van der Waals surface area contributed by atoms with Crippen molar-refractivity contribution in [3.05, 3.63) is 57.3 Å². The molecule has 0 spiro atoms. The fourth-order valence-electron chi connectivity index (χ4n) is 2.38. The molecule has 0 aliphatic rings. The van der Waals surface area contributed by atoms with E-state index in [-0.39, 0.29) is 18.9 Å². The second-order valence-corrected chi connectivity index (χ2v) is 6.56. The van der Waals surface area contributed by atoms with Crippen LogP contribution in [-0.4, -0.2) is 29.4 Å². The molecule has 7 heteroatoms. The van der Waals surface area contributed by atoms with Gasteiger partial charge in [0.2, 0.25) is 5.91 Å². The first-order valence-corrected chi connectivity index (χ1v) is 8.68. The normalized spacial score (nSPS) is 11.6. The highest BCUT2D eigenvalue weighted by molar-refractivity contribution is 7.12. The third-order valence-electron chi connectivity index (χ3n) is 3.89. The van der Waals surface area contributed by atoms with Crippen LogP contribution in [-0.2, 0) is 9.59 Å². The van der Waals surface area contributed by atoms with Crippen molar-refractivity contribution < 1.29 is 19.5 Å². The number of nitrogens with one attached hydrogen (secondary N) is 2. The maximum atomic E-state index is 12.1. The zero-order valence-electron chi connectivity index (χ0n) is 14.0. The van der Waals surface area contributed by atoms with E-state index in [0.29, 0.717) is 10.4 Å². The first-order valence-electron chi connectivity index (χ1n) is 7.80. The number of aryl methyl sites for hydroxylation is 1. The molecule has 2 aromatic rings. The fourth-order valence-corrected chi connectivity index (χ4v) is 3.02. The lowest BCUT2D eigenvalue weighted by atomic mass is 9.97. The summed E-state index contributed by atoms with van der Waals surface area (Å²) >= 11 is 1.31. The van der Waals surface area contributed by atoms with Crippen LogP contribution in [0.1, 0.15) is 38.8 Å². The molecule has 0 bridgehead atoms. The average molecular weight is 360 g/mol. The molecule has 1 unspecified atom stereocenters. The smallest absolute Gasteiger partial charge is 0.330 e. The molecule has 0 saturated carbocycles. The lowest BCUT2D eigenvalue weighted by Crippen LogP contribution is -2.36. The molecule has 2 amide bonds. The first kappa shape index (κ1) is 18.7. The molecule has 132 valence electrons. The van der Waals surface area contributed by atoms with Gasteiger partial charge in [0.25, 0.3) is 5.91 Å². The van der Waals surface area contributed by atoms with Crippen molar-refractivity contribution in [1.29, 1.82) is 0 Å². The van der Waals surface area contributed by atoms with Gasteiger partial charge in [-0.2, -0.15) is 0 Å². The highest BCUT2D eigenvalue weighted by atomic mass is 32.1. The van der Waals surface area contributed by atoms with Gasteiger partial charge >= 0.3 is 5.97 Å². The summed E-state index contributed by atoms with van der Waals surface area (Å²) in [5.41, 5.74) is 2.35. The molecule has 1 aromatic carbocycles. The van der Waals surface area contributed by atoms with Crippen LogP contribution >= 0.6 is 11.3 Å². The van der Waals surface area contributed by atoms with E-state index in [4.69, 9.17) is 0 Å². The molecule has 0 aliphatic carbocycles. The monoisotopic (exact) mass is 360 g/mol. The lowest BCUT2D eigenvalue weighted by Gasteiger charge is -2.18. The Bertz CT molecular complexity index is 771. The Morgan fingerprint density at radius 3 is 2.56 bits per heavy atom. The fraction of sp³-hybridized carbons (Fsp3) is 0.278. The Labute approximate surface area is 149 Å². The maximum absolute atomic E-state index is 12.1. The summed E-state index contributed by atoms with van der Waals surface area (Å²) in [4.78, 5) is 36.0. The Morgan fingerprint density at radius 2 is 1.92 bits per heavy atom. The van der Waals surface area contributed by atoms with E-state index in [1.54, 1.807) is 29.6 Å². The number of amides is 2. The molecular weight excluding hydrogens is 340 g/mol. The van der Waals surface area contributed by atoms with Crippen molar-refractivity contribution in [3.8, 4) is 0 Å². The van der Waals surface area contributed by atoms with Crippen LogP contribution in [0.25, 0.3) is 0 Å². The molecule has 0 fully saturated rings. The van der Waals surface area contributed by atoms with Gasteiger partial charge in [-0.15, -0.1) is 11.3 Å². The number of hydrogen-bond acceptors (Lipinski definition) is 4. The predicted octanol–water partition coefficient (Wildman–Crippen LogP) is 2.43. The molecule has 1 heterocycles. The third-order valence-corrected chi connectivity index (χ3v) is 4.76. The average Bonchev–Trinajstić information content (AvgIpc) is 3.10. The molecule has 0 aliphatic heterocycles. The molecule has 1 atom stereocenters. The number of benzene rings is 1. The second kappa shape index (κ2) is 8.43. The van der Waals surface area contributed by atoms with E-state index in [0.717, 1.165) is 11.1 Å². The standard InChI is InChI=1S/C18H20N2O4S/c1-11-5-3-6-13(12(11)2)16(18(23)24)20-15(21)8-9-19-17(22)14-7-4-10-25-14/h3-7,10,16H,8-9H2,1-2H3,(H,19,22)(H,20,21)(H,23,24). The molecule has 2 rings (SSSR count). The highest BCUT2D eigenvalue weighted by Crippen LogP contribution is 2.21. The molecular formula is C18H20N2O4S. The Kier molecular flexibility index (Phi) is 6.30. The third kappa shape index (κ3) is 4.90. The van der Waals surface area contributed by atoms with Gasteiger partial charge in [-0.05, 0) is 42.0 Å². The molecule has 0 radical (unpaired) electrons. The summed E-state index contributed by atoms with van der Waals surface area (Å²) in [6.45, 7) is 3.86. The van der Waals surface area contributed by atoms with Gasteiger partial charge in [0.05, 0.1) is 4.88 Å². The Hall–Kier alpha value is -2.67. The largest absolute Gasteiger partial charge is 0.479 e. The SMILES string of the molecule is Cc1cccc(C(NC(=O)CCNC(=O)c2cccs2)C(=O)O)c1C. The number of thiophene rings is 1. The van der Waals surface area contributed by atoms with Gasteiger partial charge in [0.1, 0.15) is 0 Å². The second-order valence-electron chi connectivity index (χ2n) is 5.61. The van der Waals surface area contributed by atoms with Crippen molar-refractivity contribution in [3.63, 3.8) is 0 Å². The number of carboxylic acids is 1. The van der Waals surface area contributed by atoms with E-state index in [1.165, 1.54) is 11.3 Å². The number of aliphatic carboxylic acids is 1. The van der Waals surface area contributed by atoms with E-state index in [1.807, 2.05) is 19.9 Å². The van der Waals surface area contributed by atoms with E-state index >= 15 is 0 Å². The predicted molar refractivity (Wildman–Crippen MR) is 95.7 cm³/mol. The lowest BCUT2D eigenvalue weighted by molar-refractivity contribution is -0.142. The Morgan fingerprint density at radius 1 is 1.16 bits per heavy atom. The van der Waals surface area contributed by atoms with Crippen LogP contribution in [0.5, 0.6) is 0 Å². The van der Waals surface area contributed by atoms with Gasteiger partial charge in [-0.3, -0.25) is 9.59 Å². The van der Waals surface area contributed by atoms with Crippen molar-refractivity contribution in [2.75, 3.05) is 6.54 Å². The maximum Gasteiger partial charge on any atom is 0.330 e. The van der Waals surface area contributed by atoms with Crippen LogP contribution in [0.15, 0.2) is 35.7 Å². The van der Waals surface area contributed by atoms with E-state index in [2.05, 4.69) is 10.6 Å². The summed E-state index contributed by atoms with van der Waals surface area (Å²) in [6.07, 6.45) is 0.00571. The van der Waals surface area contributed by atoms with Gasteiger partial charge in [-0.25, -0.2) is 4.79 Å². The van der Waals surface area contributed by atoms with Crippen LogP contribution in [0.4, 0.5) is 0 Å². The van der Waals surface area contributed by atoms with Gasteiger partial charge in [0.15, 0.2) is 6.04 Å². The number of carbonyl (C=O) groups is 3. The minimum atomic E-state index is -1.12. The number of hydrogen-bond donors (Lipinski definition) is 3. The molecule has 25 heavy (non-hydrogen) atoms. The zero-order chi connectivity index (χ0) is 18.4. The minimum absolute atomic E-state index is 0.00571. The Balaban J connectivity index is 1.93. The first-order chi connectivity index (χ1) is 11.9. The van der Waals surface area contributed by atoms with Crippen LogP contribution in [0.2, 0.25) is 0 Å². The molecule has 3 N–H and O–H groups in total. The summed E-state index contributed by atoms with van der Waals surface area (Å²) in [5, 5.41) is 16.4. The van der Waals surface area contributed by atoms with Crippen molar-refractivity contribution >= 4 is 29.1 Å². The van der Waals surface area contributed by atoms with Crippen molar-refractivity contribution in [2.24, 2.45) is 0 Å². The topological polar surface area (TPSA) is 95.5 Å².